The van der Waals surface area contributed by atoms with E-state index in [1.807, 2.05) is 54.5 Å². The third-order valence-electron chi connectivity index (χ3n) is 5.29. The number of amides is 2. The maximum absolute atomic E-state index is 13.4. The lowest BCUT2D eigenvalue weighted by Crippen LogP contribution is -2.46. The van der Waals surface area contributed by atoms with Crippen LogP contribution < -0.4 is 0 Å². The van der Waals surface area contributed by atoms with E-state index in [0.717, 1.165) is 16.9 Å². The van der Waals surface area contributed by atoms with Gasteiger partial charge in [-0.05, 0) is 55.0 Å². The quantitative estimate of drug-likeness (QED) is 0.479. The Morgan fingerprint density at radius 2 is 1.83 bits per heavy atom. The molecule has 0 aliphatic carbocycles. The summed E-state index contributed by atoms with van der Waals surface area (Å²) in [6.45, 7) is 7.07. The van der Waals surface area contributed by atoms with E-state index in [1.54, 1.807) is 28.4 Å². The molecule has 0 fully saturated rings. The van der Waals surface area contributed by atoms with Gasteiger partial charge < -0.3 is 14.2 Å². The average molecular weight is 425 g/mol. The molecule has 3 aromatic rings. The smallest absolute Gasteiger partial charge is 0.290 e. The van der Waals surface area contributed by atoms with E-state index >= 15 is 0 Å². The molecule has 158 valence electrons. The minimum absolute atomic E-state index is 0.0196. The molecule has 30 heavy (non-hydrogen) atoms. The Morgan fingerprint density at radius 1 is 1.07 bits per heavy atom. The molecule has 3 rings (SSSR count). The first-order chi connectivity index (χ1) is 14.5. The minimum Gasteiger partial charge on any atom is -0.459 e. The van der Waals surface area contributed by atoms with Crippen molar-refractivity contribution < 1.29 is 14.0 Å². The molecule has 0 saturated carbocycles. The van der Waals surface area contributed by atoms with Gasteiger partial charge in [0.25, 0.3) is 5.91 Å². The number of benzene rings is 1. The second-order valence-electron chi connectivity index (χ2n) is 7.43. The summed E-state index contributed by atoms with van der Waals surface area (Å²) in [6.07, 6.45) is 2.23. The molecule has 2 heterocycles. The molecule has 1 aromatic carbocycles. The second-order valence-corrected chi connectivity index (χ2v) is 8.43. The van der Waals surface area contributed by atoms with Crippen molar-refractivity contribution in [3.8, 4) is 0 Å². The zero-order chi connectivity index (χ0) is 21.5. The fourth-order valence-electron chi connectivity index (χ4n) is 3.21. The van der Waals surface area contributed by atoms with E-state index in [0.29, 0.717) is 13.1 Å². The summed E-state index contributed by atoms with van der Waals surface area (Å²) in [7, 11) is 0. The molecule has 0 unspecified atom stereocenters. The topological polar surface area (TPSA) is 53.8 Å². The van der Waals surface area contributed by atoms with Gasteiger partial charge in [-0.2, -0.15) is 0 Å². The van der Waals surface area contributed by atoms with Crippen LogP contribution in [0.1, 0.15) is 46.8 Å². The van der Waals surface area contributed by atoms with Crippen LogP contribution in [-0.4, -0.2) is 34.2 Å². The van der Waals surface area contributed by atoms with Crippen LogP contribution in [-0.2, 0) is 17.9 Å². The lowest BCUT2D eigenvalue weighted by atomic mass is 10.1. The van der Waals surface area contributed by atoms with Gasteiger partial charge in [0.1, 0.15) is 6.54 Å². The van der Waals surface area contributed by atoms with E-state index in [1.165, 1.54) is 11.8 Å². The van der Waals surface area contributed by atoms with Crippen molar-refractivity contribution in [2.24, 2.45) is 0 Å². The number of carbonyl (C=O) groups is 2. The monoisotopic (exact) mass is 424 g/mol. The van der Waals surface area contributed by atoms with Gasteiger partial charge in [-0.25, -0.2) is 0 Å². The normalized spacial score (nSPS) is 11.8. The summed E-state index contributed by atoms with van der Waals surface area (Å²) in [6, 6.07) is 15.3. The second kappa shape index (κ2) is 10.3. The SMILES string of the molecule is CC[C@@H](C)N(CC(=O)N(Cc1ccccc1)Cc1sccc1C)C(=O)c1ccco1. The Morgan fingerprint density at radius 3 is 2.43 bits per heavy atom. The van der Waals surface area contributed by atoms with Gasteiger partial charge in [-0.3, -0.25) is 9.59 Å². The zero-order valence-electron chi connectivity index (χ0n) is 17.7. The summed E-state index contributed by atoms with van der Waals surface area (Å²) < 4.78 is 5.30. The highest BCUT2D eigenvalue weighted by atomic mass is 32.1. The Hall–Kier alpha value is -2.86. The first-order valence-corrected chi connectivity index (χ1v) is 11.1. The van der Waals surface area contributed by atoms with Crippen LogP contribution in [0.25, 0.3) is 0 Å². The van der Waals surface area contributed by atoms with E-state index in [4.69, 9.17) is 4.42 Å². The lowest BCUT2D eigenvalue weighted by molar-refractivity contribution is -0.133. The molecule has 2 amide bonds. The van der Waals surface area contributed by atoms with Gasteiger partial charge in [0.05, 0.1) is 12.8 Å². The molecule has 0 N–H and O–H groups in total. The number of carbonyl (C=O) groups excluding carboxylic acids is 2. The molecule has 1 atom stereocenters. The van der Waals surface area contributed by atoms with Gasteiger partial charge in [-0.1, -0.05) is 37.3 Å². The Kier molecular flexibility index (Phi) is 7.46. The van der Waals surface area contributed by atoms with Gasteiger partial charge >= 0.3 is 0 Å². The van der Waals surface area contributed by atoms with Crippen LogP contribution in [0, 0.1) is 6.92 Å². The number of furan rings is 1. The predicted molar refractivity (Wildman–Crippen MR) is 119 cm³/mol. The van der Waals surface area contributed by atoms with Crippen molar-refractivity contribution >= 4 is 23.2 Å². The molecular formula is C24H28N2O3S. The first-order valence-electron chi connectivity index (χ1n) is 10.2. The van der Waals surface area contributed by atoms with Gasteiger partial charge in [0.2, 0.25) is 5.91 Å². The first kappa shape index (κ1) is 21.8. The summed E-state index contributed by atoms with van der Waals surface area (Å²) in [4.78, 5) is 31.0. The number of hydrogen-bond donors (Lipinski definition) is 0. The Balaban J connectivity index is 1.82. The molecule has 2 aromatic heterocycles. The number of aryl methyl sites for hydroxylation is 1. The third kappa shape index (κ3) is 5.39. The van der Waals surface area contributed by atoms with Crippen molar-refractivity contribution in [3.05, 3.63) is 81.9 Å². The van der Waals surface area contributed by atoms with Gasteiger partial charge in [0, 0.05) is 17.5 Å². The summed E-state index contributed by atoms with van der Waals surface area (Å²) in [5.41, 5.74) is 2.24. The van der Waals surface area contributed by atoms with Crippen molar-refractivity contribution in [1.82, 2.24) is 9.80 Å². The summed E-state index contributed by atoms with van der Waals surface area (Å²) in [5.74, 6) is -0.0756. The van der Waals surface area contributed by atoms with E-state index < -0.39 is 0 Å². The fraction of sp³-hybridized carbons (Fsp3) is 0.333. The molecule has 5 nitrogen and oxygen atoms in total. The van der Waals surface area contributed by atoms with E-state index in [9.17, 15) is 9.59 Å². The van der Waals surface area contributed by atoms with Crippen molar-refractivity contribution in [2.75, 3.05) is 6.54 Å². The molecule has 6 heteroatoms. The van der Waals surface area contributed by atoms with Gasteiger partial charge in [0.15, 0.2) is 5.76 Å². The Labute approximate surface area is 181 Å². The highest BCUT2D eigenvalue weighted by Crippen LogP contribution is 2.20. The largest absolute Gasteiger partial charge is 0.459 e. The number of thiophene rings is 1. The van der Waals surface area contributed by atoms with Crippen molar-refractivity contribution in [1.29, 1.82) is 0 Å². The number of nitrogens with zero attached hydrogens (tertiary/aromatic N) is 2. The van der Waals surface area contributed by atoms with Crippen molar-refractivity contribution in [3.63, 3.8) is 0 Å². The molecule has 0 radical (unpaired) electrons. The molecule has 0 saturated heterocycles. The highest BCUT2D eigenvalue weighted by molar-refractivity contribution is 7.10. The molecule has 0 bridgehead atoms. The van der Waals surface area contributed by atoms with Crippen LogP contribution in [0.3, 0.4) is 0 Å². The van der Waals surface area contributed by atoms with Gasteiger partial charge in [-0.15, -0.1) is 11.3 Å². The Bertz CT molecular complexity index is 950. The molecule has 0 aliphatic rings. The van der Waals surface area contributed by atoms with Crippen LogP contribution in [0.5, 0.6) is 0 Å². The standard InChI is InChI=1S/C24H28N2O3S/c1-4-19(3)26(24(28)21-11-8-13-29-21)17-23(27)25(15-20-9-6-5-7-10-20)16-22-18(2)12-14-30-22/h5-14,19H,4,15-17H2,1-3H3/t19-/m1/s1. The number of hydrogen-bond acceptors (Lipinski definition) is 4. The molecular weight excluding hydrogens is 396 g/mol. The third-order valence-corrected chi connectivity index (χ3v) is 6.30. The van der Waals surface area contributed by atoms with Crippen LogP contribution in [0.2, 0.25) is 0 Å². The number of rotatable bonds is 9. The average Bonchev–Trinajstić information content (AvgIpc) is 3.43. The maximum Gasteiger partial charge on any atom is 0.290 e. The molecule has 0 aliphatic heterocycles. The summed E-state index contributed by atoms with van der Waals surface area (Å²) in [5, 5.41) is 2.04. The molecule has 0 spiro atoms. The lowest BCUT2D eigenvalue weighted by Gasteiger charge is -2.31. The highest BCUT2D eigenvalue weighted by Gasteiger charge is 2.27. The van der Waals surface area contributed by atoms with E-state index in [2.05, 4.69) is 13.0 Å². The minimum atomic E-state index is -0.255. The van der Waals surface area contributed by atoms with E-state index in [-0.39, 0.29) is 30.2 Å². The summed E-state index contributed by atoms with van der Waals surface area (Å²) >= 11 is 1.65. The fourth-order valence-corrected chi connectivity index (χ4v) is 4.13. The maximum atomic E-state index is 13.4. The van der Waals surface area contributed by atoms with Crippen LogP contribution in [0.15, 0.2) is 64.6 Å². The predicted octanol–water partition coefficient (Wildman–Crippen LogP) is 5.12. The van der Waals surface area contributed by atoms with Crippen LogP contribution >= 0.6 is 11.3 Å². The van der Waals surface area contributed by atoms with Crippen LogP contribution in [0.4, 0.5) is 0 Å². The zero-order valence-corrected chi connectivity index (χ0v) is 18.5. The van der Waals surface area contributed by atoms with Crippen molar-refractivity contribution in [2.45, 2.75) is 46.3 Å².